The third-order valence-electron chi connectivity index (χ3n) is 3.66. The molecule has 1 unspecified atom stereocenters. The molecule has 0 radical (unpaired) electrons. The van der Waals surface area contributed by atoms with Gasteiger partial charge in [-0.3, -0.25) is 0 Å². The zero-order chi connectivity index (χ0) is 15.6. The first-order chi connectivity index (χ1) is 9.87. The van der Waals surface area contributed by atoms with Crippen LogP contribution in [0.4, 0.5) is 5.82 Å². The summed E-state index contributed by atoms with van der Waals surface area (Å²) in [6.45, 7) is 9.49. The molecule has 2 aromatic heterocycles. The Hall–Kier alpha value is -1.69. The largest absolute Gasteiger partial charge is 0.394 e. The van der Waals surface area contributed by atoms with E-state index in [1.165, 1.54) is 0 Å². The van der Waals surface area contributed by atoms with Gasteiger partial charge in [-0.25, -0.2) is 15.0 Å². The smallest absolute Gasteiger partial charge is 0.165 e. The molecule has 6 nitrogen and oxygen atoms in total. The highest BCUT2D eigenvalue weighted by molar-refractivity contribution is 5.83. The van der Waals surface area contributed by atoms with Gasteiger partial charge in [-0.05, 0) is 18.8 Å². The fourth-order valence-electron chi connectivity index (χ4n) is 2.56. The minimum Gasteiger partial charge on any atom is -0.394 e. The summed E-state index contributed by atoms with van der Waals surface area (Å²) in [4.78, 5) is 15.2. The lowest BCUT2D eigenvalue weighted by atomic mass is 9.88. The summed E-state index contributed by atoms with van der Waals surface area (Å²) in [6, 6.07) is 0.00914. The van der Waals surface area contributed by atoms with Crippen LogP contribution < -0.4 is 4.90 Å². The van der Waals surface area contributed by atoms with Crippen LogP contribution in [-0.4, -0.2) is 44.3 Å². The van der Waals surface area contributed by atoms with Gasteiger partial charge in [0.1, 0.15) is 6.33 Å². The van der Waals surface area contributed by atoms with Gasteiger partial charge in [-0.15, -0.1) is 0 Å². The Morgan fingerprint density at radius 3 is 2.57 bits per heavy atom. The molecule has 1 atom stereocenters. The first kappa shape index (κ1) is 15.7. The third kappa shape index (κ3) is 3.32. The molecule has 0 amide bonds. The number of aromatic nitrogens is 4. The van der Waals surface area contributed by atoms with Crippen molar-refractivity contribution >= 4 is 17.0 Å². The van der Waals surface area contributed by atoms with Crippen molar-refractivity contribution in [2.45, 2.75) is 46.7 Å². The second kappa shape index (κ2) is 5.97. The fourth-order valence-corrected chi connectivity index (χ4v) is 2.56. The van der Waals surface area contributed by atoms with E-state index >= 15 is 0 Å². The van der Waals surface area contributed by atoms with E-state index in [1.807, 2.05) is 16.5 Å². The van der Waals surface area contributed by atoms with Crippen LogP contribution in [0.25, 0.3) is 11.2 Å². The van der Waals surface area contributed by atoms with E-state index in [0.717, 1.165) is 29.9 Å². The molecule has 0 aliphatic heterocycles. The summed E-state index contributed by atoms with van der Waals surface area (Å²) < 4.78 is 1.99. The van der Waals surface area contributed by atoms with Gasteiger partial charge in [0.2, 0.25) is 0 Å². The van der Waals surface area contributed by atoms with Crippen LogP contribution in [0.3, 0.4) is 0 Å². The van der Waals surface area contributed by atoms with Crippen molar-refractivity contribution in [3.8, 4) is 0 Å². The Morgan fingerprint density at radius 1 is 1.29 bits per heavy atom. The minimum atomic E-state index is 0.00914. The number of fused-ring (bicyclic) bond motifs is 1. The Kier molecular flexibility index (Phi) is 4.46. The van der Waals surface area contributed by atoms with Gasteiger partial charge < -0.3 is 14.6 Å². The number of imidazole rings is 1. The van der Waals surface area contributed by atoms with Crippen molar-refractivity contribution in [3.63, 3.8) is 0 Å². The van der Waals surface area contributed by atoms with Gasteiger partial charge in [-0.2, -0.15) is 0 Å². The topological polar surface area (TPSA) is 67.1 Å². The van der Waals surface area contributed by atoms with Crippen molar-refractivity contribution in [2.75, 3.05) is 18.6 Å². The fraction of sp³-hybridized carbons (Fsp3) is 0.667. The Morgan fingerprint density at radius 2 is 2.00 bits per heavy atom. The quantitative estimate of drug-likeness (QED) is 0.913. The molecule has 116 valence electrons. The zero-order valence-corrected chi connectivity index (χ0v) is 13.5. The summed E-state index contributed by atoms with van der Waals surface area (Å²) >= 11 is 0. The lowest BCUT2D eigenvalue weighted by Crippen LogP contribution is -2.38. The summed E-state index contributed by atoms with van der Waals surface area (Å²) in [5, 5.41) is 9.73. The van der Waals surface area contributed by atoms with Crippen molar-refractivity contribution in [1.82, 2.24) is 19.5 Å². The second-order valence-corrected chi connectivity index (χ2v) is 6.61. The van der Waals surface area contributed by atoms with Crippen LogP contribution in [0.1, 0.15) is 34.1 Å². The van der Waals surface area contributed by atoms with Crippen LogP contribution in [0.5, 0.6) is 0 Å². The van der Waals surface area contributed by atoms with Crippen LogP contribution in [0.15, 0.2) is 12.7 Å². The van der Waals surface area contributed by atoms with E-state index < -0.39 is 0 Å². The van der Waals surface area contributed by atoms with Crippen LogP contribution in [-0.2, 0) is 6.54 Å². The average Bonchev–Trinajstić information content (AvgIpc) is 2.86. The van der Waals surface area contributed by atoms with Gasteiger partial charge in [-0.1, -0.05) is 20.8 Å². The summed E-state index contributed by atoms with van der Waals surface area (Å²) in [6.07, 6.45) is 4.22. The molecule has 6 heteroatoms. The number of aliphatic hydroxyl groups is 1. The summed E-state index contributed by atoms with van der Waals surface area (Å²) in [5.74, 6) is 0.774. The molecule has 0 aromatic carbocycles. The van der Waals surface area contributed by atoms with Crippen LogP contribution in [0, 0.1) is 5.41 Å². The number of nitrogens with zero attached hydrogens (tertiary/aromatic N) is 5. The number of aliphatic hydroxyl groups excluding tert-OH is 1. The molecule has 0 bridgehead atoms. The third-order valence-corrected chi connectivity index (χ3v) is 3.66. The van der Waals surface area contributed by atoms with Crippen molar-refractivity contribution in [3.05, 3.63) is 12.7 Å². The molecular formula is C15H25N5O. The van der Waals surface area contributed by atoms with Crippen molar-refractivity contribution in [1.29, 1.82) is 0 Å². The van der Waals surface area contributed by atoms with Gasteiger partial charge in [0, 0.05) is 13.6 Å². The van der Waals surface area contributed by atoms with E-state index in [2.05, 4.69) is 42.6 Å². The molecule has 2 aromatic rings. The van der Waals surface area contributed by atoms with Gasteiger partial charge in [0.15, 0.2) is 17.0 Å². The van der Waals surface area contributed by atoms with Crippen molar-refractivity contribution < 1.29 is 5.11 Å². The Labute approximate surface area is 125 Å². The molecule has 21 heavy (non-hydrogen) atoms. The highest BCUT2D eigenvalue weighted by Gasteiger charge is 2.24. The van der Waals surface area contributed by atoms with Crippen molar-refractivity contribution in [2.24, 2.45) is 5.41 Å². The molecule has 2 heterocycles. The van der Waals surface area contributed by atoms with Gasteiger partial charge >= 0.3 is 0 Å². The predicted molar refractivity (Wildman–Crippen MR) is 84.3 cm³/mol. The maximum absolute atomic E-state index is 9.73. The van der Waals surface area contributed by atoms with E-state index in [0.29, 0.717) is 0 Å². The standard InChI is InChI=1S/C15H25N5O/c1-6-20-10-18-12-13(16-9-17-14(12)20)19(5)11(8-21)7-15(2,3)4/h9-11,21H,6-8H2,1-5H3. The normalized spacial score (nSPS) is 13.6. The SMILES string of the molecule is CCn1cnc2c(N(C)C(CO)CC(C)(C)C)ncnc21. The summed E-state index contributed by atoms with van der Waals surface area (Å²) in [7, 11) is 1.96. The molecule has 0 saturated carbocycles. The highest BCUT2D eigenvalue weighted by Crippen LogP contribution is 2.27. The maximum atomic E-state index is 9.73. The zero-order valence-electron chi connectivity index (χ0n) is 13.5. The van der Waals surface area contributed by atoms with E-state index in [1.54, 1.807) is 12.7 Å². The number of likely N-dealkylation sites (N-methyl/N-ethyl adjacent to an activating group) is 1. The first-order valence-corrected chi connectivity index (χ1v) is 7.37. The molecule has 2 rings (SSSR count). The monoisotopic (exact) mass is 291 g/mol. The van der Waals surface area contributed by atoms with E-state index in [4.69, 9.17) is 0 Å². The van der Waals surface area contributed by atoms with Crippen LogP contribution >= 0.6 is 0 Å². The van der Waals surface area contributed by atoms with E-state index in [-0.39, 0.29) is 18.1 Å². The lowest BCUT2D eigenvalue weighted by molar-refractivity contribution is 0.219. The van der Waals surface area contributed by atoms with Gasteiger partial charge in [0.05, 0.1) is 19.0 Å². The number of aryl methyl sites for hydroxylation is 1. The number of hydrogen-bond donors (Lipinski definition) is 1. The number of rotatable bonds is 5. The highest BCUT2D eigenvalue weighted by atomic mass is 16.3. The second-order valence-electron chi connectivity index (χ2n) is 6.61. The van der Waals surface area contributed by atoms with E-state index in [9.17, 15) is 5.11 Å². The van der Waals surface area contributed by atoms with Crippen LogP contribution in [0.2, 0.25) is 0 Å². The van der Waals surface area contributed by atoms with Gasteiger partial charge in [0.25, 0.3) is 0 Å². The molecule has 0 aliphatic rings. The molecular weight excluding hydrogens is 266 g/mol. The lowest BCUT2D eigenvalue weighted by Gasteiger charge is -2.32. The molecule has 1 N–H and O–H groups in total. The maximum Gasteiger partial charge on any atom is 0.165 e. The molecule has 0 fully saturated rings. The molecule has 0 spiro atoms. The Bertz CT molecular complexity index is 602. The average molecular weight is 291 g/mol. The number of hydrogen-bond acceptors (Lipinski definition) is 5. The first-order valence-electron chi connectivity index (χ1n) is 7.37. The summed E-state index contributed by atoms with van der Waals surface area (Å²) in [5.41, 5.74) is 1.76. The minimum absolute atomic E-state index is 0.00914. The Balaban J connectivity index is 2.38. The molecule has 0 aliphatic carbocycles. The molecule has 0 saturated heterocycles. The predicted octanol–water partition coefficient (Wildman–Crippen LogP) is 2.08. The number of anilines is 1.